The van der Waals surface area contributed by atoms with Gasteiger partial charge in [0.05, 0.1) is 43.6 Å². The number of amides is 14. The molecule has 0 spiro atoms. The van der Waals surface area contributed by atoms with Crippen molar-refractivity contribution in [3.8, 4) is 11.5 Å². The molecule has 14 amide bonds. The highest BCUT2D eigenvalue weighted by Gasteiger charge is 2.62. The normalized spacial score (nSPS) is 25.5. The number of ether oxygens (including phenoxy) is 5. The number of nitrogens with one attached hydrogen (secondary N) is 12. The fourth-order valence-electron chi connectivity index (χ4n) is 15.9. The second-order valence-corrected chi connectivity index (χ2v) is 40.5. The third-order valence-electron chi connectivity index (χ3n) is 24.4. The zero-order valence-corrected chi connectivity index (χ0v) is 83.2. The number of fused-ring (bicyclic) bond motifs is 6. The Morgan fingerprint density at radius 3 is 2.05 bits per heavy atom. The molecule has 139 heavy (non-hydrogen) atoms. The molecule has 0 aliphatic carbocycles. The van der Waals surface area contributed by atoms with Crippen LogP contribution in [0.3, 0.4) is 0 Å². The summed E-state index contributed by atoms with van der Waals surface area (Å²) in [5.74, 6) is -17.3. The predicted octanol–water partition coefficient (Wildman–Crippen LogP) is 1.39. The maximum absolute atomic E-state index is 15.1. The summed E-state index contributed by atoms with van der Waals surface area (Å²) in [4.78, 5) is 220. The minimum Gasteiger partial charge on any atom is -0.508 e. The van der Waals surface area contributed by atoms with Crippen LogP contribution in [-0.2, 0) is 112 Å². The Kier molecular flexibility index (Phi) is 41.5. The number of hydrogen-bond donors (Lipinski definition) is 19. The predicted molar refractivity (Wildman–Crippen MR) is 523 cm³/mol. The number of rotatable bonds is 34. The molecule has 5 aromatic rings. The number of nitrogens with two attached hydrogens (primary N) is 3. The van der Waals surface area contributed by atoms with Crippen molar-refractivity contribution in [2.75, 3.05) is 62.8 Å². The van der Waals surface area contributed by atoms with Crippen molar-refractivity contribution in [3.63, 3.8) is 0 Å². The van der Waals surface area contributed by atoms with Crippen LogP contribution in [0.15, 0.2) is 121 Å². The van der Waals surface area contributed by atoms with E-state index in [0.717, 1.165) is 67.5 Å². The van der Waals surface area contributed by atoms with Gasteiger partial charge in [-0.05, 0) is 133 Å². The SMILES string of the molecule is COc1cc2cc(c1Cl)N(C)C(=O)CC1(OC(=O)[C@H](C)N(C)C(=O)CCSSC[C@H](NC(=O)[C@H](C)NC(=O)[C@H](C)NC(=O)[C@@H](NC(=O)[C@@H]3CSSC[C@H](NC(=O)[C@H](N)Cc4ccccc4)C(=O)N[C@@H](Cc4ccc(O)cc4)C(=O)N[C@H](Cc4c[nH]c5ccccc45)C(=O)N[C@@H](CCCCN)C(=O)N[C@@H]([C@@H](C)O)C(=O)N3)[C@@H](C)O)C(N)=O)O[C@@H]([C@H](C)[C@@H]3C[C@@](O)(NC(=O)O3)[C@H](OC)/C=C/C=C(\C)C2)[C@@H]1C. The first kappa shape index (κ1) is 111. The molecule has 4 aromatic carbocycles. The van der Waals surface area contributed by atoms with Crippen LogP contribution in [0, 0.1) is 11.8 Å². The largest absolute Gasteiger partial charge is 0.508 e. The molecule has 6 bridgehead atoms. The van der Waals surface area contributed by atoms with E-state index in [2.05, 4.69) is 63.5 Å². The molecular formula is C93H126ClN17O24S4. The number of phenols is 1. The van der Waals surface area contributed by atoms with Gasteiger partial charge in [-0.15, -0.1) is 0 Å². The number of aromatic hydroxyl groups is 1. The summed E-state index contributed by atoms with van der Waals surface area (Å²) >= 11 is 6.87. The fourth-order valence-corrected chi connectivity index (χ4v) is 20.7. The third-order valence-corrected chi connectivity index (χ3v) is 29.6. The molecule has 3 fully saturated rings. The van der Waals surface area contributed by atoms with Crippen molar-refractivity contribution < 1.29 is 116 Å². The lowest BCUT2D eigenvalue weighted by atomic mass is 9.75. The number of nitrogens with zero attached hydrogens (tertiary/aromatic N) is 2. The molecule has 5 aliphatic heterocycles. The molecule has 10 rings (SSSR count). The average Bonchev–Trinajstić information content (AvgIpc) is 1.60. The van der Waals surface area contributed by atoms with Crippen molar-refractivity contribution in [2.45, 2.75) is 234 Å². The van der Waals surface area contributed by atoms with Gasteiger partial charge in [0.15, 0.2) is 5.72 Å². The number of allylic oxidation sites excluding steroid dienone is 3. The lowest BCUT2D eigenvalue weighted by molar-refractivity contribution is -0.377. The number of aromatic amines is 1. The summed E-state index contributed by atoms with van der Waals surface area (Å²) in [6.45, 7) is 11.6. The number of halogens is 1. The second kappa shape index (κ2) is 51.8. The van der Waals surface area contributed by atoms with Gasteiger partial charge in [0.2, 0.25) is 82.6 Å². The van der Waals surface area contributed by atoms with E-state index in [-0.39, 0.29) is 91.0 Å². The number of methoxy groups -OCH3 is 2. The zero-order valence-electron chi connectivity index (χ0n) is 79.1. The number of phenolic OH excluding ortho intramolecular Hbond substituents is 1. The van der Waals surface area contributed by atoms with E-state index in [1.54, 1.807) is 105 Å². The Bertz CT molecular complexity index is 5280. The van der Waals surface area contributed by atoms with Crippen LogP contribution in [0.25, 0.3) is 10.9 Å². The minimum atomic E-state index is -1.97. The molecule has 5 aliphatic rings. The number of unbranched alkanes of at least 4 members (excludes halogenated alkanes) is 1. The van der Waals surface area contributed by atoms with Gasteiger partial charge in [-0.2, -0.15) is 0 Å². The highest BCUT2D eigenvalue weighted by atomic mass is 35.5. The Balaban J connectivity index is 0.838. The number of alkyl carbamates (subject to hydrolysis) is 1. The van der Waals surface area contributed by atoms with E-state index in [1.165, 1.54) is 78.3 Å². The van der Waals surface area contributed by atoms with E-state index < -0.39 is 227 Å². The summed E-state index contributed by atoms with van der Waals surface area (Å²) in [7, 11) is 9.54. The molecule has 3 saturated heterocycles. The number of carbonyl (C=O) groups excluding carboxylic acids is 15. The van der Waals surface area contributed by atoms with Crippen molar-refractivity contribution >= 4 is 160 Å². The molecule has 0 radical (unpaired) electrons. The Morgan fingerprint density at radius 2 is 1.40 bits per heavy atom. The monoisotopic (exact) mass is 2030 g/mol. The number of H-pyrrole nitrogens is 1. The van der Waals surface area contributed by atoms with Crippen LogP contribution < -0.4 is 85.3 Å². The number of aromatic nitrogens is 1. The third kappa shape index (κ3) is 30.6. The average molecular weight is 2030 g/mol. The minimum absolute atomic E-state index is 0.0191. The van der Waals surface area contributed by atoms with Crippen LogP contribution >= 0.6 is 54.8 Å². The number of benzene rings is 4. The first-order chi connectivity index (χ1) is 65.9. The summed E-state index contributed by atoms with van der Waals surface area (Å²) in [6, 6.07) is 6.48. The van der Waals surface area contributed by atoms with Gasteiger partial charge in [-0.3, -0.25) is 67.6 Å². The molecule has 758 valence electrons. The van der Waals surface area contributed by atoms with Crippen LogP contribution in [0.2, 0.25) is 5.02 Å². The van der Waals surface area contributed by atoms with E-state index in [1.807, 2.05) is 6.92 Å². The molecule has 1 aromatic heterocycles. The maximum Gasteiger partial charge on any atom is 0.409 e. The molecule has 1 unspecified atom stereocenters. The second-order valence-electron chi connectivity index (χ2n) is 35.0. The molecular weight excluding hydrogens is 1900 g/mol. The maximum atomic E-state index is 15.1. The van der Waals surface area contributed by atoms with Crippen molar-refractivity contribution in [1.29, 1.82) is 0 Å². The van der Waals surface area contributed by atoms with Gasteiger partial charge in [0, 0.05) is 98.8 Å². The first-order valence-electron chi connectivity index (χ1n) is 45.3. The number of aliphatic hydroxyl groups is 3. The summed E-state index contributed by atoms with van der Waals surface area (Å²) < 4.78 is 29.8. The van der Waals surface area contributed by atoms with Crippen molar-refractivity contribution in [3.05, 3.63) is 148 Å². The number of esters is 1. The highest BCUT2D eigenvalue weighted by molar-refractivity contribution is 8.77. The first-order valence-corrected chi connectivity index (χ1v) is 50.6. The number of hydrogen-bond acceptors (Lipinski definition) is 30. The van der Waals surface area contributed by atoms with Crippen LogP contribution in [0.1, 0.15) is 116 Å². The zero-order chi connectivity index (χ0) is 102. The number of aliphatic hydroxyl groups excluding tert-OH is 2. The van der Waals surface area contributed by atoms with Crippen LogP contribution in [-0.4, -0.2) is 292 Å². The van der Waals surface area contributed by atoms with Gasteiger partial charge >= 0.3 is 12.1 Å². The van der Waals surface area contributed by atoms with Crippen LogP contribution in [0.5, 0.6) is 11.5 Å². The molecule has 6 heterocycles. The van der Waals surface area contributed by atoms with E-state index in [4.69, 9.17) is 52.5 Å². The number of likely N-dealkylation sites (N-methyl/N-ethyl adjacent to an activating group) is 1. The molecule has 46 heteroatoms. The summed E-state index contributed by atoms with van der Waals surface area (Å²) in [5.41, 5.74) is 20.3. The summed E-state index contributed by atoms with van der Waals surface area (Å²) in [6.07, 6.45) is -1.11. The Hall–Kier alpha value is -11.2. The van der Waals surface area contributed by atoms with Gasteiger partial charge in [0.25, 0.3) is 0 Å². The number of carbonyl (C=O) groups is 15. The van der Waals surface area contributed by atoms with E-state index >= 15 is 9.59 Å². The highest BCUT2D eigenvalue weighted by Crippen LogP contribution is 2.49. The topological polar surface area (TPSA) is 616 Å². The summed E-state index contributed by atoms with van der Waals surface area (Å²) in [5, 5.41) is 73.7. The number of anilines is 1. The van der Waals surface area contributed by atoms with Gasteiger partial charge in [-0.1, -0.05) is 153 Å². The van der Waals surface area contributed by atoms with Crippen molar-refractivity contribution in [2.24, 2.45) is 29.0 Å². The van der Waals surface area contributed by atoms with Crippen molar-refractivity contribution in [1.82, 2.24) is 68.4 Å². The van der Waals surface area contributed by atoms with E-state index in [9.17, 15) is 82.8 Å². The Morgan fingerprint density at radius 1 is 0.755 bits per heavy atom. The quantitative estimate of drug-likeness (QED) is 0.0157. The number of para-hydroxylation sites is 1. The van der Waals surface area contributed by atoms with Gasteiger partial charge in [0.1, 0.15) is 95.2 Å². The van der Waals surface area contributed by atoms with E-state index in [0.29, 0.717) is 46.0 Å². The lowest BCUT2D eigenvalue weighted by Crippen LogP contribution is -2.68. The molecule has 22 N–H and O–H groups in total. The van der Waals surface area contributed by atoms with Gasteiger partial charge in [-0.25, -0.2) is 9.59 Å². The number of primary amides is 1. The standard InChI is InChI=1S/C93H126ClN17O24S4/c1-47-21-20-27-72(132-12)92(130)41-71(133-91(129)109-92)48(2)78-49(3)93(134-78,42-74(116)111(10)69-38-57(35-47)39-70(131-11)75(69)94)135-90(128)52(6)110(9)73(115)32-34-136-137-44-66(79(97)117)104-81(119)51(5)99-80(118)50(4)100-88(126)76(53(7)112)108-87(125)68-46-139-138-45-67(105-82(120)61(96)36-55-22-14-13-15-23-55)86(124)102-64(37-56-28-30-59(114)31-29-56)84(122)103-65(40-58-43-98-62-25-17-16-24-60(58)62)85(123)101-63(26-18-19-33-95)83(121)107-77(54(8)113)89(127)106-68/h13-17,20-25,27-31,38-39,43,48-54,61,63-68,71-72,76-78,98,112-114,130H,18-19,26,32-37,40-42,44-46,95-96H2,1-12H3,(H2,97,117)(H,99,118)(H,100,126)(H,101,123)(H,102,124)(H,103,122)(H,104,119)(H,105,120)(H,106,127)(H,107,121)(H,108,125)(H,109,129)/b27-20+,47-21+/t48-,49+,50+,51+,52+,53-,54-,61-,63+,64+,65-,66+,67+,68+,71+,72-,76+,77+,78+,92+,93?/m1/s1. The van der Waals surface area contributed by atoms with Crippen LogP contribution in [0.4, 0.5) is 10.5 Å². The molecule has 0 saturated carbocycles. The lowest BCUT2D eigenvalue weighted by Gasteiger charge is -2.55. The smallest absolute Gasteiger partial charge is 0.409 e. The molecule has 21 atom stereocenters. The van der Waals surface area contributed by atoms with Gasteiger partial charge < -0.3 is 129 Å². The Labute approximate surface area is 825 Å². The fraction of sp³-hybridized carbons (Fsp3) is 0.516. The molecule has 41 nitrogen and oxygen atoms in total.